The molecule has 3 rings (SSSR count). The van der Waals surface area contributed by atoms with E-state index < -0.39 is 0 Å². The van der Waals surface area contributed by atoms with Crippen LogP contribution in [-0.2, 0) is 4.79 Å². The summed E-state index contributed by atoms with van der Waals surface area (Å²) in [6.07, 6.45) is 0.701. The number of carbonyl (C=O) groups is 1. The summed E-state index contributed by atoms with van der Waals surface area (Å²) in [5.41, 5.74) is 3.39. The molecule has 15 heavy (non-hydrogen) atoms. The van der Waals surface area contributed by atoms with Gasteiger partial charge in [0.05, 0.1) is 0 Å². The van der Waals surface area contributed by atoms with Gasteiger partial charge in [-0.15, -0.1) is 0 Å². The van der Waals surface area contributed by atoms with E-state index in [0.717, 1.165) is 24.2 Å². The van der Waals surface area contributed by atoms with Crippen molar-refractivity contribution in [2.24, 2.45) is 5.92 Å². The van der Waals surface area contributed by atoms with Crippen LogP contribution in [0.25, 0.3) is 5.57 Å². The van der Waals surface area contributed by atoms with Crippen molar-refractivity contribution in [2.75, 3.05) is 13.1 Å². The van der Waals surface area contributed by atoms with Gasteiger partial charge in [0, 0.05) is 31.0 Å². The third-order valence-corrected chi connectivity index (χ3v) is 3.29. The molecule has 0 spiro atoms. The molecular weight excluding hydrogens is 186 g/mol. The summed E-state index contributed by atoms with van der Waals surface area (Å²) in [4.78, 5) is 11.9. The van der Waals surface area contributed by atoms with Crippen molar-refractivity contribution in [1.29, 1.82) is 0 Å². The zero-order chi connectivity index (χ0) is 10.3. The lowest BCUT2D eigenvalue weighted by Gasteiger charge is -2.03. The molecule has 1 aromatic carbocycles. The number of Topliss-reactive ketones (excluding diaryl/α,β-unsaturated/α-hetero) is 1. The lowest BCUT2D eigenvalue weighted by molar-refractivity contribution is -0.113. The normalized spacial score (nSPS) is 24.8. The maximum Gasteiger partial charge on any atom is 0.164 e. The van der Waals surface area contributed by atoms with E-state index in [1.54, 1.807) is 0 Å². The number of rotatable bonds is 1. The SMILES string of the molecule is O=C1CC2CNCC2=C1c1ccccc1. The fourth-order valence-electron chi connectivity index (χ4n) is 2.59. The summed E-state index contributed by atoms with van der Waals surface area (Å²) in [7, 11) is 0. The fourth-order valence-corrected chi connectivity index (χ4v) is 2.59. The third-order valence-electron chi connectivity index (χ3n) is 3.29. The Balaban J connectivity index is 2.11. The van der Waals surface area contributed by atoms with Crippen LogP contribution in [0.5, 0.6) is 0 Å². The fraction of sp³-hybridized carbons (Fsp3) is 0.308. The summed E-state index contributed by atoms with van der Waals surface area (Å²) in [6, 6.07) is 10.0. The molecule has 0 saturated carbocycles. The summed E-state index contributed by atoms with van der Waals surface area (Å²) in [6.45, 7) is 1.86. The van der Waals surface area contributed by atoms with Crippen molar-refractivity contribution in [3.05, 3.63) is 41.5 Å². The lowest BCUT2D eigenvalue weighted by Crippen LogP contribution is -2.11. The van der Waals surface area contributed by atoms with Crippen LogP contribution in [0, 0.1) is 5.92 Å². The first-order valence-corrected chi connectivity index (χ1v) is 5.38. The Labute approximate surface area is 89.0 Å². The second kappa shape index (κ2) is 3.31. The Kier molecular flexibility index (Phi) is 1.96. The highest BCUT2D eigenvalue weighted by Gasteiger charge is 2.35. The minimum Gasteiger partial charge on any atom is -0.312 e. The molecule has 0 bridgehead atoms. The summed E-state index contributed by atoms with van der Waals surface area (Å²) >= 11 is 0. The van der Waals surface area contributed by atoms with Crippen molar-refractivity contribution in [2.45, 2.75) is 6.42 Å². The molecule has 1 aliphatic carbocycles. The minimum absolute atomic E-state index is 0.322. The molecule has 1 heterocycles. The van der Waals surface area contributed by atoms with Gasteiger partial charge in [-0.05, 0) is 11.1 Å². The predicted octanol–water partition coefficient (Wildman–Crippen LogP) is 1.63. The summed E-state index contributed by atoms with van der Waals surface area (Å²) in [5.74, 6) is 0.787. The van der Waals surface area contributed by atoms with Crippen molar-refractivity contribution < 1.29 is 4.79 Å². The zero-order valence-electron chi connectivity index (χ0n) is 8.49. The van der Waals surface area contributed by atoms with Gasteiger partial charge >= 0.3 is 0 Å². The van der Waals surface area contributed by atoms with Crippen molar-refractivity contribution in [3.63, 3.8) is 0 Å². The number of benzene rings is 1. The van der Waals surface area contributed by atoms with E-state index in [1.165, 1.54) is 5.57 Å². The molecule has 1 atom stereocenters. The van der Waals surface area contributed by atoms with Gasteiger partial charge < -0.3 is 5.32 Å². The Bertz CT molecular complexity index is 433. The molecule has 0 aromatic heterocycles. The van der Waals surface area contributed by atoms with Crippen LogP contribution >= 0.6 is 0 Å². The molecule has 1 aromatic rings. The van der Waals surface area contributed by atoms with E-state index >= 15 is 0 Å². The number of fused-ring (bicyclic) bond motifs is 1. The lowest BCUT2D eigenvalue weighted by atomic mass is 10.0. The smallest absolute Gasteiger partial charge is 0.164 e. The number of carbonyl (C=O) groups excluding carboxylic acids is 1. The predicted molar refractivity (Wildman–Crippen MR) is 59.3 cm³/mol. The van der Waals surface area contributed by atoms with Crippen LogP contribution in [-0.4, -0.2) is 18.9 Å². The molecule has 0 radical (unpaired) electrons. The van der Waals surface area contributed by atoms with Crippen LogP contribution in [0.3, 0.4) is 0 Å². The molecule has 2 heteroatoms. The van der Waals surface area contributed by atoms with Crippen molar-refractivity contribution in [1.82, 2.24) is 5.32 Å². The van der Waals surface area contributed by atoms with Gasteiger partial charge in [-0.2, -0.15) is 0 Å². The largest absolute Gasteiger partial charge is 0.312 e. The molecular formula is C13H13NO. The average molecular weight is 199 g/mol. The van der Waals surface area contributed by atoms with Crippen LogP contribution in [0.15, 0.2) is 35.9 Å². The van der Waals surface area contributed by atoms with Gasteiger partial charge in [-0.3, -0.25) is 4.79 Å². The highest BCUT2D eigenvalue weighted by atomic mass is 16.1. The third kappa shape index (κ3) is 1.33. The topological polar surface area (TPSA) is 29.1 Å². The van der Waals surface area contributed by atoms with Gasteiger partial charge in [0.2, 0.25) is 0 Å². The van der Waals surface area contributed by atoms with Gasteiger partial charge in [-0.1, -0.05) is 30.3 Å². The maximum absolute atomic E-state index is 11.9. The van der Waals surface area contributed by atoms with E-state index in [-0.39, 0.29) is 0 Å². The van der Waals surface area contributed by atoms with Crippen molar-refractivity contribution >= 4 is 11.4 Å². The first-order chi connectivity index (χ1) is 7.36. The first-order valence-electron chi connectivity index (χ1n) is 5.38. The standard InChI is InChI=1S/C13H13NO/c15-12-6-10-7-14-8-11(10)13(12)9-4-2-1-3-5-9/h1-5,10,14H,6-8H2. The van der Waals surface area contributed by atoms with Gasteiger partial charge in [0.15, 0.2) is 5.78 Å². The van der Waals surface area contributed by atoms with Gasteiger partial charge in [0.1, 0.15) is 0 Å². The molecule has 0 amide bonds. The summed E-state index contributed by atoms with van der Waals surface area (Å²) in [5, 5.41) is 3.33. The summed E-state index contributed by atoms with van der Waals surface area (Å²) < 4.78 is 0. The van der Waals surface area contributed by atoms with Crippen LogP contribution in [0.2, 0.25) is 0 Å². The first kappa shape index (κ1) is 8.86. The molecule has 1 N–H and O–H groups in total. The molecule has 1 unspecified atom stereocenters. The molecule has 1 fully saturated rings. The van der Waals surface area contributed by atoms with Gasteiger partial charge in [-0.25, -0.2) is 0 Å². The van der Waals surface area contributed by atoms with E-state index in [9.17, 15) is 4.79 Å². The Morgan fingerprint density at radius 1 is 1.20 bits per heavy atom. The van der Waals surface area contributed by atoms with E-state index in [4.69, 9.17) is 0 Å². The highest BCUT2D eigenvalue weighted by molar-refractivity contribution is 6.24. The van der Waals surface area contributed by atoms with Crippen molar-refractivity contribution in [3.8, 4) is 0 Å². The monoisotopic (exact) mass is 199 g/mol. The van der Waals surface area contributed by atoms with E-state index in [0.29, 0.717) is 18.1 Å². The highest BCUT2D eigenvalue weighted by Crippen LogP contribution is 2.37. The van der Waals surface area contributed by atoms with Crippen LogP contribution in [0.4, 0.5) is 0 Å². The number of hydrogen-bond acceptors (Lipinski definition) is 2. The second-order valence-corrected chi connectivity index (χ2v) is 4.22. The average Bonchev–Trinajstić information content (AvgIpc) is 2.78. The Morgan fingerprint density at radius 2 is 2.00 bits per heavy atom. The van der Waals surface area contributed by atoms with Gasteiger partial charge in [0.25, 0.3) is 0 Å². The van der Waals surface area contributed by atoms with E-state index in [2.05, 4.69) is 5.32 Å². The molecule has 1 saturated heterocycles. The number of allylic oxidation sites excluding steroid dienone is 1. The van der Waals surface area contributed by atoms with E-state index in [1.807, 2.05) is 30.3 Å². The maximum atomic E-state index is 11.9. The Hall–Kier alpha value is -1.41. The molecule has 2 nitrogen and oxygen atoms in total. The molecule has 1 aliphatic heterocycles. The number of nitrogens with one attached hydrogen (secondary N) is 1. The van der Waals surface area contributed by atoms with Crippen LogP contribution in [0.1, 0.15) is 12.0 Å². The zero-order valence-corrected chi connectivity index (χ0v) is 8.49. The minimum atomic E-state index is 0.322. The second-order valence-electron chi connectivity index (χ2n) is 4.22. The molecule has 2 aliphatic rings. The quantitative estimate of drug-likeness (QED) is 0.744. The van der Waals surface area contributed by atoms with Crippen LogP contribution < -0.4 is 5.32 Å². The molecule has 76 valence electrons. The Morgan fingerprint density at radius 3 is 2.80 bits per heavy atom. The number of hydrogen-bond donors (Lipinski definition) is 1. The number of ketones is 1.